The molecule has 0 N–H and O–H groups in total. The van der Waals surface area contributed by atoms with Crippen LogP contribution < -0.4 is 4.90 Å². The molecule has 0 aliphatic heterocycles. The lowest BCUT2D eigenvalue weighted by Gasteiger charge is -2.35. The van der Waals surface area contributed by atoms with Crippen LogP contribution in [0, 0.1) is 0 Å². The number of fused-ring (bicyclic) bond motifs is 9. The van der Waals surface area contributed by atoms with Crippen molar-refractivity contribution in [2.75, 3.05) is 4.90 Å². The average Bonchev–Trinajstić information content (AvgIpc) is 4.08. The molecule has 1 aliphatic carbocycles. The van der Waals surface area contributed by atoms with Crippen molar-refractivity contribution in [3.63, 3.8) is 0 Å². The van der Waals surface area contributed by atoms with Gasteiger partial charge in [-0.1, -0.05) is 200 Å². The summed E-state index contributed by atoms with van der Waals surface area (Å²) in [7, 11) is 0. The molecule has 0 amide bonds. The van der Waals surface area contributed by atoms with Crippen molar-refractivity contribution in [3.8, 4) is 39.1 Å². The third kappa shape index (κ3) is 6.19. The highest BCUT2D eigenvalue weighted by atomic mass is 32.1. The molecule has 13 aromatic rings. The molecule has 2 heterocycles. The first kappa shape index (κ1) is 40.3. The molecule has 328 valence electrons. The summed E-state index contributed by atoms with van der Waals surface area (Å²) in [6, 6.07) is 98.4. The smallest absolute Gasteiger partial charge is 0.0714 e. The predicted molar refractivity (Wildman–Crippen MR) is 297 cm³/mol. The largest absolute Gasteiger partial charge is 0.310 e. The zero-order chi connectivity index (χ0) is 46.2. The van der Waals surface area contributed by atoms with Gasteiger partial charge in [-0.2, -0.15) is 0 Å². The standard InChI is InChI=1S/C67H44N2S/c1-4-19-49(20-5-1)67(50-21-6-2-7-22-50)60-30-13-10-26-54(60)55-40-39-53(44-61(55)67)68(51-23-8-3-9-24-51)52-25-16-18-47(42-52)45-34-36-46(37-35-45)48-38-41-63-59(43-48)56-27-11-14-31-62(56)69(63)64-32-17-29-58-57-28-12-15-33-65(57)70-66(58)64/h1-44H. The highest BCUT2D eigenvalue weighted by molar-refractivity contribution is 7.26. The number of hydrogen-bond acceptors (Lipinski definition) is 2. The van der Waals surface area contributed by atoms with Gasteiger partial charge in [0.25, 0.3) is 0 Å². The number of aromatic nitrogens is 1. The number of hydrogen-bond donors (Lipinski definition) is 0. The monoisotopic (exact) mass is 908 g/mol. The number of para-hydroxylation sites is 2. The molecule has 70 heavy (non-hydrogen) atoms. The Labute approximate surface area is 411 Å². The van der Waals surface area contributed by atoms with Crippen LogP contribution in [0.25, 0.3) is 81.0 Å². The fourth-order valence-electron chi connectivity index (χ4n) is 11.6. The van der Waals surface area contributed by atoms with Gasteiger partial charge in [0.2, 0.25) is 0 Å². The van der Waals surface area contributed by atoms with Crippen molar-refractivity contribution < 1.29 is 0 Å². The molecule has 11 aromatic carbocycles. The van der Waals surface area contributed by atoms with Crippen molar-refractivity contribution in [1.82, 2.24) is 4.57 Å². The van der Waals surface area contributed by atoms with Crippen LogP contribution in [0.1, 0.15) is 22.3 Å². The molecule has 1 aliphatic rings. The van der Waals surface area contributed by atoms with Gasteiger partial charge in [0.15, 0.2) is 0 Å². The second-order valence-electron chi connectivity index (χ2n) is 18.4. The lowest BCUT2D eigenvalue weighted by atomic mass is 9.67. The van der Waals surface area contributed by atoms with Gasteiger partial charge in [0, 0.05) is 43.3 Å². The SMILES string of the molecule is c1ccc(N(c2cccc(-c3ccc(-c4ccc5c(c4)c4ccccc4n5-c4cccc5c4sc4ccccc45)cc3)c2)c2ccc3c(c2)C(c2ccccc2)(c2ccccc2)c2ccccc2-3)cc1. The van der Waals surface area contributed by atoms with E-state index in [2.05, 4.69) is 276 Å². The summed E-state index contributed by atoms with van der Waals surface area (Å²) in [6.07, 6.45) is 0. The second-order valence-corrected chi connectivity index (χ2v) is 19.4. The van der Waals surface area contributed by atoms with Crippen molar-refractivity contribution in [3.05, 3.63) is 289 Å². The van der Waals surface area contributed by atoms with E-state index in [-0.39, 0.29) is 0 Å². The molecule has 0 spiro atoms. The Balaban J connectivity index is 0.851. The summed E-state index contributed by atoms with van der Waals surface area (Å²) in [6.45, 7) is 0. The van der Waals surface area contributed by atoms with Gasteiger partial charge in [0.1, 0.15) is 0 Å². The number of nitrogens with zero attached hydrogens (tertiary/aromatic N) is 2. The minimum absolute atomic E-state index is 0.494. The molecule has 0 saturated carbocycles. The van der Waals surface area contributed by atoms with E-state index in [4.69, 9.17) is 0 Å². The van der Waals surface area contributed by atoms with Crippen LogP contribution in [0.3, 0.4) is 0 Å². The second kappa shape index (κ2) is 16.2. The lowest BCUT2D eigenvalue weighted by molar-refractivity contribution is 0.768. The topological polar surface area (TPSA) is 8.17 Å². The van der Waals surface area contributed by atoms with Crippen LogP contribution in [0.5, 0.6) is 0 Å². The first-order chi connectivity index (χ1) is 34.7. The molecule has 3 heteroatoms. The summed E-state index contributed by atoms with van der Waals surface area (Å²) < 4.78 is 5.09. The van der Waals surface area contributed by atoms with Gasteiger partial charge in [0.05, 0.1) is 26.8 Å². The zero-order valence-electron chi connectivity index (χ0n) is 38.2. The summed E-state index contributed by atoms with van der Waals surface area (Å²) in [5.74, 6) is 0. The predicted octanol–water partition coefficient (Wildman–Crippen LogP) is 18.3. The summed E-state index contributed by atoms with van der Waals surface area (Å²) in [4.78, 5) is 2.41. The summed E-state index contributed by atoms with van der Waals surface area (Å²) >= 11 is 1.88. The van der Waals surface area contributed by atoms with E-state index in [1.54, 1.807) is 0 Å². The first-order valence-electron chi connectivity index (χ1n) is 24.1. The number of thiophene rings is 1. The molecule has 0 bridgehead atoms. The lowest BCUT2D eigenvalue weighted by Crippen LogP contribution is -2.28. The van der Waals surface area contributed by atoms with Gasteiger partial charge in [-0.3, -0.25) is 0 Å². The van der Waals surface area contributed by atoms with E-state index in [1.807, 2.05) is 11.3 Å². The maximum Gasteiger partial charge on any atom is 0.0714 e. The average molecular weight is 909 g/mol. The molecular formula is C67H44N2S. The molecule has 0 unspecified atom stereocenters. The fraction of sp³-hybridized carbons (Fsp3) is 0.0149. The Bertz CT molecular complexity index is 4070. The molecular weight excluding hydrogens is 865 g/mol. The zero-order valence-corrected chi connectivity index (χ0v) is 39.0. The maximum absolute atomic E-state index is 2.46. The van der Waals surface area contributed by atoms with E-state index >= 15 is 0 Å². The highest BCUT2D eigenvalue weighted by Gasteiger charge is 2.46. The van der Waals surface area contributed by atoms with Crippen molar-refractivity contribution in [1.29, 1.82) is 0 Å². The van der Waals surface area contributed by atoms with Crippen molar-refractivity contribution in [2.24, 2.45) is 0 Å². The van der Waals surface area contributed by atoms with E-state index in [0.717, 1.165) is 22.6 Å². The van der Waals surface area contributed by atoms with Crippen LogP contribution in [-0.4, -0.2) is 4.57 Å². The van der Waals surface area contributed by atoms with E-state index in [0.29, 0.717) is 0 Å². The first-order valence-corrected chi connectivity index (χ1v) is 24.9. The van der Waals surface area contributed by atoms with Gasteiger partial charge in [-0.15, -0.1) is 11.3 Å². The highest BCUT2D eigenvalue weighted by Crippen LogP contribution is 2.57. The molecule has 2 nitrogen and oxygen atoms in total. The third-order valence-electron chi connectivity index (χ3n) is 14.7. The van der Waals surface area contributed by atoms with Crippen LogP contribution in [0.15, 0.2) is 267 Å². The minimum atomic E-state index is -0.494. The normalized spacial score (nSPS) is 12.7. The molecule has 0 radical (unpaired) electrons. The van der Waals surface area contributed by atoms with Gasteiger partial charge < -0.3 is 9.47 Å². The van der Waals surface area contributed by atoms with E-state index in [1.165, 1.54) is 97.7 Å². The van der Waals surface area contributed by atoms with Crippen LogP contribution in [-0.2, 0) is 5.41 Å². The molecule has 14 rings (SSSR count). The molecule has 2 aromatic heterocycles. The Kier molecular flexibility index (Phi) is 9.33. The minimum Gasteiger partial charge on any atom is -0.310 e. The molecule has 0 saturated heterocycles. The number of anilines is 3. The fourth-order valence-corrected chi connectivity index (χ4v) is 12.8. The Morgan fingerprint density at radius 1 is 0.329 bits per heavy atom. The van der Waals surface area contributed by atoms with Crippen LogP contribution in [0.4, 0.5) is 17.1 Å². The quantitative estimate of drug-likeness (QED) is 0.147. The number of benzene rings is 11. The van der Waals surface area contributed by atoms with Crippen LogP contribution >= 0.6 is 11.3 Å². The summed E-state index contributed by atoms with van der Waals surface area (Å²) in [5.41, 5.74) is 18.9. The molecule has 0 fully saturated rings. The van der Waals surface area contributed by atoms with E-state index in [9.17, 15) is 0 Å². The van der Waals surface area contributed by atoms with Gasteiger partial charge >= 0.3 is 0 Å². The van der Waals surface area contributed by atoms with Crippen molar-refractivity contribution in [2.45, 2.75) is 5.41 Å². The summed E-state index contributed by atoms with van der Waals surface area (Å²) in [5, 5.41) is 5.13. The van der Waals surface area contributed by atoms with E-state index < -0.39 is 5.41 Å². The Morgan fingerprint density at radius 3 is 1.66 bits per heavy atom. The maximum atomic E-state index is 2.46. The number of rotatable bonds is 8. The Morgan fingerprint density at radius 2 is 0.886 bits per heavy atom. The van der Waals surface area contributed by atoms with Crippen molar-refractivity contribution >= 4 is 70.4 Å². The molecule has 0 atom stereocenters. The third-order valence-corrected chi connectivity index (χ3v) is 15.9. The van der Waals surface area contributed by atoms with Crippen LogP contribution in [0.2, 0.25) is 0 Å². The van der Waals surface area contributed by atoms with Gasteiger partial charge in [-0.25, -0.2) is 0 Å². The van der Waals surface area contributed by atoms with Gasteiger partial charge in [-0.05, 0) is 122 Å². The Hall–Kier alpha value is -8.76.